The van der Waals surface area contributed by atoms with Crippen LogP contribution in [0, 0.1) is 0 Å². The van der Waals surface area contributed by atoms with E-state index >= 15 is 0 Å². The minimum atomic E-state index is -0.508. The monoisotopic (exact) mass is 406 g/mol. The molecule has 1 fully saturated rings. The van der Waals surface area contributed by atoms with E-state index in [9.17, 15) is 9.59 Å². The number of nitrogens with one attached hydrogen (secondary N) is 2. The van der Waals surface area contributed by atoms with E-state index in [1.807, 2.05) is 24.3 Å². The molecular formula is C19H20Cl2N4O2. The van der Waals surface area contributed by atoms with E-state index in [0.29, 0.717) is 23.1 Å². The Morgan fingerprint density at radius 2 is 1.59 bits per heavy atom. The Kier molecular flexibility index (Phi) is 6.21. The van der Waals surface area contributed by atoms with Crippen LogP contribution in [0.4, 0.5) is 4.79 Å². The van der Waals surface area contributed by atoms with Gasteiger partial charge in [0, 0.05) is 23.1 Å². The van der Waals surface area contributed by atoms with Crippen LogP contribution in [0.2, 0.25) is 10.0 Å². The lowest BCUT2D eigenvalue weighted by Gasteiger charge is -2.31. The van der Waals surface area contributed by atoms with Crippen LogP contribution in [0.5, 0.6) is 0 Å². The van der Waals surface area contributed by atoms with E-state index in [-0.39, 0.29) is 18.5 Å². The molecule has 0 bridgehead atoms. The summed E-state index contributed by atoms with van der Waals surface area (Å²) in [5, 5.41) is 6.86. The highest BCUT2D eigenvalue weighted by Gasteiger charge is 2.27. The van der Waals surface area contributed by atoms with Gasteiger partial charge in [-0.1, -0.05) is 47.5 Å². The molecule has 1 aliphatic heterocycles. The van der Waals surface area contributed by atoms with Gasteiger partial charge < -0.3 is 21.3 Å². The van der Waals surface area contributed by atoms with Gasteiger partial charge >= 0.3 is 6.03 Å². The van der Waals surface area contributed by atoms with Gasteiger partial charge in [0.15, 0.2) is 0 Å². The summed E-state index contributed by atoms with van der Waals surface area (Å²) in [5.41, 5.74) is 8.12. The largest absolute Gasteiger partial charge is 0.353 e. The molecule has 2 aromatic rings. The third kappa shape index (κ3) is 4.91. The fourth-order valence-corrected chi connectivity index (χ4v) is 3.22. The minimum absolute atomic E-state index is 0.0232. The Bertz CT molecular complexity index is 811. The second-order valence-electron chi connectivity index (χ2n) is 6.33. The zero-order valence-electron chi connectivity index (χ0n) is 14.5. The molecule has 2 aromatic carbocycles. The number of hydrogen-bond acceptors (Lipinski definition) is 3. The van der Waals surface area contributed by atoms with Gasteiger partial charge in [0.2, 0.25) is 5.91 Å². The van der Waals surface area contributed by atoms with E-state index in [4.69, 9.17) is 28.9 Å². The van der Waals surface area contributed by atoms with E-state index < -0.39 is 12.1 Å². The maximum absolute atomic E-state index is 12.7. The molecule has 2 atom stereocenters. The van der Waals surface area contributed by atoms with Crippen LogP contribution in [-0.2, 0) is 4.79 Å². The number of nitrogens with two attached hydrogens (primary N) is 1. The molecule has 8 heteroatoms. The van der Waals surface area contributed by atoms with Crippen molar-refractivity contribution in [2.24, 2.45) is 5.73 Å². The van der Waals surface area contributed by atoms with Gasteiger partial charge in [0.1, 0.15) is 6.54 Å². The van der Waals surface area contributed by atoms with Crippen LogP contribution in [0.25, 0.3) is 0 Å². The van der Waals surface area contributed by atoms with Crippen LogP contribution < -0.4 is 16.4 Å². The molecule has 3 amide bonds. The summed E-state index contributed by atoms with van der Waals surface area (Å²) < 4.78 is 0. The molecule has 0 radical (unpaired) electrons. The standard InChI is InChI=1S/C19H20Cl2N4O2/c20-14-5-1-12(2-6-14)17(22)18(13-3-7-15(21)8-4-13)24-19(27)25-10-9-23-16(26)11-25/h1-8,17-18H,9-11,22H2,(H,23,26)(H,24,27). The van der Waals surface area contributed by atoms with Crippen molar-refractivity contribution in [3.05, 3.63) is 69.7 Å². The van der Waals surface area contributed by atoms with Gasteiger partial charge in [-0.3, -0.25) is 4.79 Å². The molecule has 2 unspecified atom stereocenters. The summed E-state index contributed by atoms with van der Waals surface area (Å²) in [4.78, 5) is 25.8. The molecule has 0 aliphatic carbocycles. The van der Waals surface area contributed by atoms with E-state index in [1.165, 1.54) is 4.90 Å². The Morgan fingerprint density at radius 1 is 1.04 bits per heavy atom. The number of rotatable bonds is 4. The maximum atomic E-state index is 12.7. The summed E-state index contributed by atoms with van der Waals surface area (Å²) in [6.07, 6.45) is 0. The quantitative estimate of drug-likeness (QED) is 0.729. The molecule has 27 heavy (non-hydrogen) atoms. The van der Waals surface area contributed by atoms with Crippen LogP contribution in [0.15, 0.2) is 48.5 Å². The number of carbonyl (C=O) groups is 2. The number of halogens is 2. The first-order chi connectivity index (χ1) is 12.9. The van der Waals surface area contributed by atoms with Gasteiger partial charge in [0.25, 0.3) is 0 Å². The van der Waals surface area contributed by atoms with Crippen LogP contribution in [0.1, 0.15) is 23.2 Å². The number of piperazine rings is 1. The number of urea groups is 1. The molecule has 0 saturated carbocycles. The number of carbonyl (C=O) groups excluding carboxylic acids is 2. The van der Waals surface area contributed by atoms with Crippen LogP contribution >= 0.6 is 23.2 Å². The Balaban J connectivity index is 1.85. The molecular weight excluding hydrogens is 387 g/mol. The van der Waals surface area contributed by atoms with Crippen molar-refractivity contribution in [2.75, 3.05) is 19.6 Å². The van der Waals surface area contributed by atoms with Gasteiger partial charge in [-0.05, 0) is 35.4 Å². The molecule has 4 N–H and O–H groups in total. The molecule has 1 saturated heterocycles. The SMILES string of the molecule is NC(c1ccc(Cl)cc1)C(NC(=O)N1CCNC(=O)C1)c1ccc(Cl)cc1. The van der Waals surface area contributed by atoms with Gasteiger partial charge in [-0.25, -0.2) is 4.79 Å². The first-order valence-electron chi connectivity index (χ1n) is 8.52. The van der Waals surface area contributed by atoms with Gasteiger partial charge in [-0.15, -0.1) is 0 Å². The fraction of sp³-hybridized carbons (Fsp3) is 0.263. The van der Waals surface area contributed by atoms with Crippen molar-refractivity contribution in [3.63, 3.8) is 0 Å². The molecule has 142 valence electrons. The third-order valence-corrected chi connectivity index (χ3v) is 4.95. The van der Waals surface area contributed by atoms with Crippen molar-refractivity contribution < 1.29 is 9.59 Å². The molecule has 0 spiro atoms. The van der Waals surface area contributed by atoms with Crippen molar-refractivity contribution in [2.45, 2.75) is 12.1 Å². The van der Waals surface area contributed by atoms with Crippen molar-refractivity contribution in [1.82, 2.24) is 15.5 Å². The summed E-state index contributed by atoms with van der Waals surface area (Å²) in [7, 11) is 0. The zero-order chi connectivity index (χ0) is 19.4. The van der Waals surface area contributed by atoms with E-state index in [2.05, 4.69) is 10.6 Å². The van der Waals surface area contributed by atoms with E-state index in [1.54, 1.807) is 24.3 Å². The fourth-order valence-electron chi connectivity index (χ4n) is 2.96. The summed E-state index contributed by atoms with van der Waals surface area (Å²) in [6.45, 7) is 0.900. The molecule has 6 nitrogen and oxygen atoms in total. The number of amides is 3. The van der Waals surface area contributed by atoms with Crippen LogP contribution in [-0.4, -0.2) is 36.5 Å². The number of hydrogen-bond donors (Lipinski definition) is 3. The molecule has 1 aliphatic rings. The topological polar surface area (TPSA) is 87.5 Å². The summed E-state index contributed by atoms with van der Waals surface area (Å²) in [6, 6.07) is 13.0. The molecule has 0 aromatic heterocycles. The lowest BCUT2D eigenvalue weighted by molar-refractivity contribution is -0.123. The highest BCUT2D eigenvalue weighted by Crippen LogP contribution is 2.29. The first-order valence-corrected chi connectivity index (χ1v) is 9.28. The Hall–Kier alpha value is -2.28. The van der Waals surface area contributed by atoms with Gasteiger partial charge in [-0.2, -0.15) is 0 Å². The normalized spacial score (nSPS) is 16.4. The molecule has 1 heterocycles. The smallest absolute Gasteiger partial charge is 0.318 e. The number of benzene rings is 2. The predicted octanol–water partition coefficient (Wildman–Crippen LogP) is 2.88. The predicted molar refractivity (Wildman–Crippen MR) is 106 cm³/mol. The average Bonchev–Trinajstić information content (AvgIpc) is 2.67. The van der Waals surface area contributed by atoms with Crippen LogP contribution in [0.3, 0.4) is 0 Å². The van der Waals surface area contributed by atoms with E-state index in [0.717, 1.165) is 11.1 Å². The Labute approximate surface area is 167 Å². The second-order valence-corrected chi connectivity index (χ2v) is 7.20. The highest BCUT2D eigenvalue weighted by atomic mass is 35.5. The van der Waals surface area contributed by atoms with Crippen molar-refractivity contribution >= 4 is 35.1 Å². The highest BCUT2D eigenvalue weighted by molar-refractivity contribution is 6.30. The summed E-state index contributed by atoms with van der Waals surface area (Å²) in [5.74, 6) is -0.179. The summed E-state index contributed by atoms with van der Waals surface area (Å²) >= 11 is 11.9. The lowest BCUT2D eigenvalue weighted by atomic mass is 9.94. The zero-order valence-corrected chi connectivity index (χ0v) is 16.0. The van der Waals surface area contributed by atoms with Crippen molar-refractivity contribution in [1.29, 1.82) is 0 Å². The average molecular weight is 407 g/mol. The van der Waals surface area contributed by atoms with Crippen molar-refractivity contribution in [3.8, 4) is 0 Å². The Morgan fingerprint density at radius 3 is 2.15 bits per heavy atom. The molecule has 3 rings (SSSR count). The minimum Gasteiger partial charge on any atom is -0.353 e. The third-order valence-electron chi connectivity index (χ3n) is 4.45. The second kappa shape index (κ2) is 8.61. The number of nitrogens with zero attached hydrogens (tertiary/aromatic N) is 1. The maximum Gasteiger partial charge on any atom is 0.318 e. The lowest BCUT2D eigenvalue weighted by Crippen LogP contribution is -2.54. The van der Waals surface area contributed by atoms with Gasteiger partial charge in [0.05, 0.1) is 12.1 Å². The first kappa shape index (κ1) is 19.5.